The molecule has 0 atom stereocenters. The van der Waals surface area contributed by atoms with E-state index in [2.05, 4.69) is 10.7 Å². The molecule has 1 aliphatic rings. The molecule has 0 unspecified atom stereocenters. The minimum atomic E-state index is -0.646. The number of nitrogens with one attached hydrogen (secondary N) is 2. The van der Waals surface area contributed by atoms with Crippen LogP contribution in [0.15, 0.2) is 57.7 Å². The smallest absolute Gasteiger partial charge is 0.411 e. The Balaban J connectivity index is 1.46. The predicted molar refractivity (Wildman–Crippen MR) is 124 cm³/mol. The number of nitrogens with zero attached hydrogens (tertiary/aromatic N) is 1. The number of amides is 3. The van der Waals surface area contributed by atoms with Gasteiger partial charge in [-0.2, -0.15) is 0 Å². The summed E-state index contributed by atoms with van der Waals surface area (Å²) in [5, 5.41) is 4.19. The molecule has 3 amide bonds. The van der Waals surface area contributed by atoms with E-state index in [1.54, 1.807) is 19.1 Å². The summed E-state index contributed by atoms with van der Waals surface area (Å²) in [4.78, 5) is 59.8. The van der Waals surface area contributed by atoms with Gasteiger partial charge in [0.25, 0.3) is 0 Å². The van der Waals surface area contributed by atoms with E-state index >= 15 is 0 Å². The van der Waals surface area contributed by atoms with Gasteiger partial charge < -0.3 is 13.9 Å². The van der Waals surface area contributed by atoms with Crippen LogP contribution in [-0.4, -0.2) is 30.5 Å². The van der Waals surface area contributed by atoms with Crippen molar-refractivity contribution >= 4 is 46.2 Å². The monoisotopic (exact) mass is 479 g/mol. The molecule has 1 aromatic heterocycles. The molecular weight excluding hydrogens is 458 g/mol. The highest BCUT2D eigenvalue weighted by Gasteiger charge is 2.24. The van der Waals surface area contributed by atoms with Crippen LogP contribution in [0.2, 0.25) is 0 Å². The second-order valence-corrected chi connectivity index (χ2v) is 7.53. The number of benzene rings is 2. The lowest BCUT2D eigenvalue weighted by Gasteiger charge is -2.27. The van der Waals surface area contributed by atoms with Crippen LogP contribution in [0.25, 0.3) is 11.0 Å². The zero-order valence-electron chi connectivity index (χ0n) is 18.7. The number of hydrogen-bond donors (Lipinski definition) is 2. The number of hydrogen-bond acceptors (Lipinski definition) is 8. The number of hydrazine groups is 1. The largest absolute Gasteiger partial charge is 0.457 e. The van der Waals surface area contributed by atoms with E-state index in [1.807, 2.05) is 0 Å². The van der Waals surface area contributed by atoms with Crippen molar-refractivity contribution in [2.75, 3.05) is 16.9 Å². The molecular formula is C24H21N3O8. The van der Waals surface area contributed by atoms with E-state index in [1.165, 1.54) is 36.4 Å². The van der Waals surface area contributed by atoms with E-state index in [-0.39, 0.29) is 49.0 Å². The molecule has 0 spiro atoms. The highest BCUT2D eigenvalue weighted by molar-refractivity contribution is 6.01. The van der Waals surface area contributed by atoms with Gasteiger partial charge in [-0.3, -0.25) is 20.3 Å². The van der Waals surface area contributed by atoms with Crippen molar-refractivity contribution in [3.63, 3.8) is 0 Å². The zero-order chi connectivity index (χ0) is 24.9. The first-order valence-electron chi connectivity index (χ1n) is 10.7. The van der Waals surface area contributed by atoms with Crippen LogP contribution in [-0.2, 0) is 25.7 Å². The van der Waals surface area contributed by atoms with Crippen molar-refractivity contribution in [2.45, 2.75) is 26.4 Å². The third-order valence-corrected chi connectivity index (χ3v) is 5.12. The van der Waals surface area contributed by atoms with Gasteiger partial charge in [0.1, 0.15) is 12.2 Å². The first-order valence-corrected chi connectivity index (χ1v) is 10.7. The Morgan fingerprint density at radius 3 is 2.54 bits per heavy atom. The number of anilines is 2. The van der Waals surface area contributed by atoms with Gasteiger partial charge in [0.2, 0.25) is 11.8 Å². The predicted octanol–water partition coefficient (Wildman–Crippen LogP) is 2.88. The maximum Gasteiger partial charge on any atom is 0.411 e. The SMILES string of the molecule is CCOC(=O)Nc1ccc2c(COC(=O)c3ccc(N4NC(=O)CCC4=O)cc3)cc(=O)oc2c1. The van der Waals surface area contributed by atoms with Crippen LogP contribution >= 0.6 is 0 Å². The van der Waals surface area contributed by atoms with Crippen LogP contribution in [0.1, 0.15) is 35.7 Å². The quantitative estimate of drug-likeness (QED) is 0.406. The third kappa shape index (κ3) is 5.46. The molecule has 3 aromatic rings. The van der Waals surface area contributed by atoms with Crippen molar-refractivity contribution < 1.29 is 33.1 Å². The summed E-state index contributed by atoms with van der Waals surface area (Å²) in [5.41, 5.74) is 3.47. The molecule has 0 saturated carbocycles. The van der Waals surface area contributed by atoms with Gasteiger partial charge in [0.15, 0.2) is 0 Å². The first kappa shape index (κ1) is 23.5. The van der Waals surface area contributed by atoms with Gasteiger partial charge in [0.05, 0.1) is 17.9 Å². The standard InChI is InChI=1S/C24H21N3O8/c1-2-33-24(32)25-16-5-8-18-15(11-22(30)35-19(18)12-16)13-34-23(31)14-3-6-17(7-4-14)27-21(29)10-9-20(28)26-27/h3-8,11-12H,2,9-10,13H2,1H3,(H,25,32)(H,26,28). The molecule has 1 aliphatic heterocycles. The summed E-state index contributed by atoms with van der Waals surface area (Å²) in [6, 6.07) is 11.9. The number of ether oxygens (including phenoxy) is 2. The third-order valence-electron chi connectivity index (χ3n) is 5.12. The molecule has 11 heteroatoms. The zero-order valence-corrected chi connectivity index (χ0v) is 18.7. The number of esters is 1. The van der Waals surface area contributed by atoms with Crippen molar-refractivity contribution in [1.82, 2.24) is 5.43 Å². The average molecular weight is 479 g/mol. The molecule has 11 nitrogen and oxygen atoms in total. The van der Waals surface area contributed by atoms with Crippen molar-refractivity contribution in [3.8, 4) is 0 Å². The maximum absolute atomic E-state index is 12.5. The molecule has 1 saturated heterocycles. The molecule has 2 aromatic carbocycles. The van der Waals surface area contributed by atoms with Crippen LogP contribution < -0.4 is 21.4 Å². The van der Waals surface area contributed by atoms with Crippen molar-refractivity contribution in [1.29, 1.82) is 0 Å². The van der Waals surface area contributed by atoms with Gasteiger partial charge in [-0.15, -0.1) is 0 Å². The maximum atomic E-state index is 12.5. The number of carbonyl (C=O) groups is 4. The fourth-order valence-electron chi connectivity index (χ4n) is 3.47. The summed E-state index contributed by atoms with van der Waals surface area (Å²) in [6.45, 7) is 1.68. The molecule has 0 radical (unpaired) electrons. The van der Waals surface area contributed by atoms with Gasteiger partial charge in [-0.1, -0.05) is 0 Å². The van der Waals surface area contributed by atoms with Crippen molar-refractivity contribution in [2.24, 2.45) is 0 Å². The lowest BCUT2D eigenvalue weighted by Crippen LogP contribution is -2.50. The summed E-state index contributed by atoms with van der Waals surface area (Å²) in [6.07, 6.45) is -0.401. The first-order chi connectivity index (χ1) is 16.8. The molecule has 2 heterocycles. The lowest BCUT2D eigenvalue weighted by molar-refractivity contribution is -0.130. The highest BCUT2D eigenvalue weighted by Crippen LogP contribution is 2.23. The van der Waals surface area contributed by atoms with E-state index in [0.29, 0.717) is 22.3 Å². The fourth-order valence-corrected chi connectivity index (χ4v) is 3.47. The van der Waals surface area contributed by atoms with Gasteiger partial charge in [0, 0.05) is 41.6 Å². The van der Waals surface area contributed by atoms with E-state index in [9.17, 15) is 24.0 Å². The highest BCUT2D eigenvalue weighted by atomic mass is 16.5. The second kappa shape index (κ2) is 10.1. The summed E-state index contributed by atoms with van der Waals surface area (Å²) in [5.74, 6) is -1.17. The molecule has 1 fully saturated rings. The van der Waals surface area contributed by atoms with E-state index in [4.69, 9.17) is 13.9 Å². The summed E-state index contributed by atoms with van der Waals surface area (Å²) >= 11 is 0. The van der Waals surface area contributed by atoms with Crippen LogP contribution in [0.3, 0.4) is 0 Å². The molecule has 0 aliphatic carbocycles. The Labute approximate surface area is 198 Å². The minimum absolute atomic E-state index is 0.106. The molecule has 2 N–H and O–H groups in total. The van der Waals surface area contributed by atoms with Crippen LogP contribution in [0, 0.1) is 0 Å². The van der Waals surface area contributed by atoms with Gasteiger partial charge in [-0.25, -0.2) is 19.4 Å². The van der Waals surface area contributed by atoms with Crippen LogP contribution in [0.4, 0.5) is 16.2 Å². The molecule has 35 heavy (non-hydrogen) atoms. The van der Waals surface area contributed by atoms with E-state index < -0.39 is 17.7 Å². The average Bonchev–Trinajstić information content (AvgIpc) is 2.83. The molecule has 180 valence electrons. The van der Waals surface area contributed by atoms with Gasteiger partial charge >= 0.3 is 17.7 Å². The summed E-state index contributed by atoms with van der Waals surface area (Å²) in [7, 11) is 0. The Kier molecular flexibility index (Phi) is 6.76. The van der Waals surface area contributed by atoms with E-state index in [0.717, 1.165) is 5.01 Å². The molecule has 4 rings (SSSR count). The Bertz CT molecular complexity index is 1360. The molecule has 0 bridgehead atoms. The minimum Gasteiger partial charge on any atom is -0.457 e. The van der Waals surface area contributed by atoms with Gasteiger partial charge in [-0.05, 0) is 43.3 Å². The number of carbonyl (C=O) groups excluding carboxylic acids is 4. The lowest BCUT2D eigenvalue weighted by atomic mass is 10.1. The number of rotatable bonds is 6. The van der Waals surface area contributed by atoms with Crippen LogP contribution in [0.5, 0.6) is 0 Å². The number of fused-ring (bicyclic) bond motifs is 1. The second-order valence-electron chi connectivity index (χ2n) is 7.53. The Morgan fingerprint density at radius 2 is 1.80 bits per heavy atom. The Hall–Kier alpha value is -4.67. The normalized spacial score (nSPS) is 13.3. The summed E-state index contributed by atoms with van der Waals surface area (Å²) < 4.78 is 15.4. The Morgan fingerprint density at radius 1 is 1.03 bits per heavy atom. The topological polar surface area (TPSA) is 144 Å². The van der Waals surface area contributed by atoms with Crippen molar-refractivity contribution in [3.05, 3.63) is 70.1 Å². The fraction of sp³-hybridized carbons (Fsp3) is 0.208.